The molecular formula is C15H14F3N3O2S. The lowest BCUT2D eigenvalue weighted by Gasteiger charge is -2.28. The lowest BCUT2D eigenvalue weighted by Crippen LogP contribution is -2.43. The van der Waals surface area contributed by atoms with Crippen LogP contribution in [0.5, 0.6) is 0 Å². The molecule has 0 bridgehead atoms. The molecule has 0 saturated carbocycles. The van der Waals surface area contributed by atoms with E-state index in [2.05, 4.69) is 15.3 Å². The summed E-state index contributed by atoms with van der Waals surface area (Å²) in [6, 6.07) is 4.32. The summed E-state index contributed by atoms with van der Waals surface area (Å²) in [7, 11) is 0. The van der Waals surface area contributed by atoms with E-state index in [1.807, 2.05) is 5.38 Å². The SMILES string of the molecule is Cc1ccc([C@@](O)(CCNc2ncnc3sccc23)C(F)(F)F)o1. The van der Waals surface area contributed by atoms with Crippen LogP contribution in [0.4, 0.5) is 19.0 Å². The van der Waals surface area contributed by atoms with E-state index in [4.69, 9.17) is 4.42 Å². The van der Waals surface area contributed by atoms with E-state index >= 15 is 0 Å². The normalized spacial score (nSPS) is 14.7. The molecule has 5 nitrogen and oxygen atoms in total. The van der Waals surface area contributed by atoms with Gasteiger partial charge in [0.1, 0.15) is 28.5 Å². The molecule has 128 valence electrons. The van der Waals surface area contributed by atoms with Gasteiger partial charge >= 0.3 is 6.18 Å². The molecule has 24 heavy (non-hydrogen) atoms. The zero-order valence-electron chi connectivity index (χ0n) is 12.6. The number of nitrogens with one attached hydrogen (secondary N) is 1. The number of aromatic nitrogens is 2. The molecule has 0 aromatic carbocycles. The number of nitrogens with zero attached hydrogens (tertiary/aromatic N) is 2. The van der Waals surface area contributed by atoms with Crippen molar-refractivity contribution in [2.45, 2.75) is 25.1 Å². The Hall–Kier alpha value is -2.13. The highest BCUT2D eigenvalue weighted by atomic mass is 32.1. The second-order valence-electron chi connectivity index (χ2n) is 5.31. The molecule has 9 heteroatoms. The molecule has 0 aliphatic rings. The summed E-state index contributed by atoms with van der Waals surface area (Å²) in [5.41, 5.74) is -3.06. The molecule has 3 rings (SSSR count). The Bertz CT molecular complexity index is 846. The second-order valence-corrected chi connectivity index (χ2v) is 6.20. The van der Waals surface area contributed by atoms with Crippen molar-refractivity contribution in [3.05, 3.63) is 41.4 Å². The molecule has 2 N–H and O–H groups in total. The fourth-order valence-corrected chi connectivity index (χ4v) is 3.09. The van der Waals surface area contributed by atoms with Crippen LogP contribution in [0.2, 0.25) is 0 Å². The molecule has 0 unspecified atom stereocenters. The molecule has 1 atom stereocenters. The van der Waals surface area contributed by atoms with Crippen LogP contribution < -0.4 is 5.32 Å². The summed E-state index contributed by atoms with van der Waals surface area (Å²) in [5, 5.41) is 15.6. The van der Waals surface area contributed by atoms with Crippen LogP contribution in [0, 0.1) is 6.92 Å². The number of furan rings is 1. The monoisotopic (exact) mass is 357 g/mol. The van der Waals surface area contributed by atoms with Crippen molar-refractivity contribution >= 4 is 27.4 Å². The van der Waals surface area contributed by atoms with Gasteiger partial charge in [-0.3, -0.25) is 0 Å². The minimum atomic E-state index is -4.86. The maximum atomic E-state index is 13.4. The Labute approximate surface area is 139 Å². The molecule has 0 fully saturated rings. The number of aryl methyl sites for hydroxylation is 1. The number of hydrogen-bond donors (Lipinski definition) is 2. The van der Waals surface area contributed by atoms with E-state index in [9.17, 15) is 18.3 Å². The molecule has 3 aromatic rings. The maximum Gasteiger partial charge on any atom is 0.424 e. The number of hydrogen-bond acceptors (Lipinski definition) is 6. The van der Waals surface area contributed by atoms with E-state index in [0.29, 0.717) is 11.6 Å². The minimum Gasteiger partial charge on any atom is -0.463 e. The zero-order chi connectivity index (χ0) is 17.4. The Morgan fingerprint density at radius 2 is 2.04 bits per heavy atom. The predicted molar refractivity (Wildman–Crippen MR) is 83.9 cm³/mol. The van der Waals surface area contributed by atoms with Crippen molar-refractivity contribution in [3.63, 3.8) is 0 Å². The van der Waals surface area contributed by atoms with Crippen molar-refractivity contribution in [2.24, 2.45) is 0 Å². The van der Waals surface area contributed by atoms with Gasteiger partial charge in [0.25, 0.3) is 0 Å². The third-order valence-corrected chi connectivity index (χ3v) is 4.48. The van der Waals surface area contributed by atoms with Crippen molar-refractivity contribution in [2.75, 3.05) is 11.9 Å². The van der Waals surface area contributed by atoms with Crippen LogP contribution in [-0.4, -0.2) is 27.8 Å². The number of thiophene rings is 1. The number of anilines is 1. The van der Waals surface area contributed by atoms with Crippen LogP contribution in [0.1, 0.15) is 17.9 Å². The van der Waals surface area contributed by atoms with Crippen molar-refractivity contribution in [3.8, 4) is 0 Å². The van der Waals surface area contributed by atoms with E-state index in [0.717, 1.165) is 16.3 Å². The average molecular weight is 357 g/mol. The van der Waals surface area contributed by atoms with Gasteiger partial charge in [-0.1, -0.05) is 0 Å². The fourth-order valence-electron chi connectivity index (χ4n) is 2.35. The largest absolute Gasteiger partial charge is 0.463 e. The summed E-state index contributed by atoms with van der Waals surface area (Å²) in [6.45, 7) is 1.38. The van der Waals surface area contributed by atoms with Gasteiger partial charge in [-0.05, 0) is 30.5 Å². The van der Waals surface area contributed by atoms with Crippen LogP contribution in [0.15, 0.2) is 34.3 Å². The Morgan fingerprint density at radius 3 is 2.71 bits per heavy atom. The van der Waals surface area contributed by atoms with Gasteiger partial charge in [-0.25, -0.2) is 9.97 Å². The number of alkyl halides is 3. The van der Waals surface area contributed by atoms with Crippen molar-refractivity contribution in [1.82, 2.24) is 9.97 Å². The smallest absolute Gasteiger partial charge is 0.424 e. The Morgan fingerprint density at radius 1 is 1.25 bits per heavy atom. The first-order chi connectivity index (χ1) is 11.3. The topological polar surface area (TPSA) is 71.2 Å². The van der Waals surface area contributed by atoms with Gasteiger partial charge in [0, 0.05) is 13.0 Å². The highest BCUT2D eigenvalue weighted by Gasteiger charge is 2.56. The molecule has 3 heterocycles. The van der Waals surface area contributed by atoms with Crippen LogP contribution in [0.25, 0.3) is 10.2 Å². The molecule has 3 aromatic heterocycles. The van der Waals surface area contributed by atoms with Crippen LogP contribution in [-0.2, 0) is 5.60 Å². The molecule has 0 aliphatic heterocycles. The first-order valence-electron chi connectivity index (χ1n) is 7.09. The fraction of sp³-hybridized carbons (Fsp3) is 0.333. The van der Waals surface area contributed by atoms with Gasteiger partial charge in [-0.15, -0.1) is 11.3 Å². The number of halogens is 3. The molecular weight excluding hydrogens is 343 g/mol. The minimum absolute atomic E-state index is 0.141. The summed E-state index contributed by atoms with van der Waals surface area (Å²) in [6.07, 6.45) is -4.13. The van der Waals surface area contributed by atoms with Gasteiger partial charge in [0.05, 0.1) is 5.39 Å². The standard InChI is InChI=1S/C15H14F3N3O2S/c1-9-2-3-11(23-9)14(22,15(16,17)18)5-6-19-12-10-4-7-24-13(10)21-8-20-12/h2-4,7-8,22H,5-6H2,1H3,(H,19,20,21)/t14-/m0/s1. The van der Waals surface area contributed by atoms with Crippen LogP contribution in [0.3, 0.4) is 0 Å². The third-order valence-electron chi connectivity index (χ3n) is 3.66. The summed E-state index contributed by atoms with van der Waals surface area (Å²) in [5.74, 6) is 0.218. The predicted octanol–water partition coefficient (Wildman–Crippen LogP) is 3.84. The molecule has 0 aliphatic carbocycles. The number of fused-ring (bicyclic) bond motifs is 1. The first kappa shape index (κ1) is 16.7. The van der Waals surface area contributed by atoms with E-state index in [-0.39, 0.29) is 6.54 Å². The summed E-state index contributed by atoms with van der Waals surface area (Å²) < 4.78 is 45.1. The Balaban J connectivity index is 1.78. The lowest BCUT2D eigenvalue weighted by molar-refractivity contribution is -0.274. The average Bonchev–Trinajstić information content (AvgIpc) is 3.15. The van der Waals surface area contributed by atoms with Crippen molar-refractivity contribution in [1.29, 1.82) is 0 Å². The van der Waals surface area contributed by atoms with Crippen molar-refractivity contribution < 1.29 is 22.7 Å². The first-order valence-corrected chi connectivity index (χ1v) is 7.97. The summed E-state index contributed by atoms with van der Waals surface area (Å²) >= 11 is 1.41. The molecule has 0 saturated heterocycles. The Kier molecular flexibility index (Phi) is 4.22. The highest BCUT2D eigenvalue weighted by Crippen LogP contribution is 2.42. The summed E-state index contributed by atoms with van der Waals surface area (Å²) in [4.78, 5) is 8.84. The zero-order valence-corrected chi connectivity index (χ0v) is 13.4. The molecule has 0 radical (unpaired) electrons. The lowest BCUT2D eigenvalue weighted by atomic mass is 9.95. The highest BCUT2D eigenvalue weighted by molar-refractivity contribution is 7.16. The quantitative estimate of drug-likeness (QED) is 0.726. The number of rotatable bonds is 5. The van der Waals surface area contributed by atoms with E-state index in [1.54, 1.807) is 6.07 Å². The third kappa shape index (κ3) is 2.96. The second kappa shape index (κ2) is 6.06. The van der Waals surface area contributed by atoms with Gasteiger partial charge in [0.15, 0.2) is 0 Å². The maximum absolute atomic E-state index is 13.4. The molecule has 0 amide bonds. The van der Waals surface area contributed by atoms with Gasteiger partial charge in [-0.2, -0.15) is 13.2 Å². The number of aliphatic hydroxyl groups is 1. The van der Waals surface area contributed by atoms with Gasteiger partial charge in [0.2, 0.25) is 5.60 Å². The molecule has 0 spiro atoms. The van der Waals surface area contributed by atoms with Gasteiger partial charge < -0.3 is 14.8 Å². The van der Waals surface area contributed by atoms with Crippen LogP contribution >= 0.6 is 11.3 Å². The van der Waals surface area contributed by atoms with E-state index < -0.39 is 24.0 Å². The van der Waals surface area contributed by atoms with E-state index in [1.165, 1.54) is 30.7 Å².